The number of fused-ring (bicyclic) bond motifs is 2. The highest BCUT2D eigenvalue weighted by Crippen LogP contribution is 2.26. The molecule has 0 unspecified atom stereocenters. The van der Waals surface area contributed by atoms with Crippen molar-refractivity contribution in [3.05, 3.63) is 69.6 Å². The second kappa shape index (κ2) is 7.52. The van der Waals surface area contributed by atoms with E-state index in [0.717, 1.165) is 55.4 Å². The Morgan fingerprint density at radius 2 is 1.72 bits per heavy atom. The Morgan fingerprint density at radius 1 is 0.966 bits per heavy atom. The van der Waals surface area contributed by atoms with Crippen molar-refractivity contribution in [2.45, 2.75) is 31.7 Å². The van der Waals surface area contributed by atoms with E-state index >= 15 is 0 Å². The van der Waals surface area contributed by atoms with E-state index in [1.54, 1.807) is 0 Å². The van der Waals surface area contributed by atoms with Gasteiger partial charge in [0.15, 0.2) is 0 Å². The molecule has 0 saturated carbocycles. The third-order valence-electron chi connectivity index (χ3n) is 6.34. The van der Waals surface area contributed by atoms with E-state index in [0.29, 0.717) is 13.1 Å². The van der Waals surface area contributed by atoms with Crippen LogP contribution in [0.1, 0.15) is 40.4 Å². The molecule has 6 nitrogen and oxygen atoms in total. The van der Waals surface area contributed by atoms with Crippen LogP contribution in [0.2, 0.25) is 0 Å². The van der Waals surface area contributed by atoms with Crippen LogP contribution in [0.4, 0.5) is 0 Å². The highest BCUT2D eigenvalue weighted by atomic mass is 16.2. The van der Waals surface area contributed by atoms with Crippen LogP contribution in [0, 0.1) is 0 Å². The van der Waals surface area contributed by atoms with Gasteiger partial charge in [-0.25, -0.2) is 4.79 Å². The Labute approximate surface area is 169 Å². The summed E-state index contributed by atoms with van der Waals surface area (Å²) in [6.45, 7) is 3.32. The van der Waals surface area contributed by atoms with E-state index in [1.165, 1.54) is 11.1 Å². The number of likely N-dealkylation sites (tertiary alicyclic amines) is 1. The van der Waals surface area contributed by atoms with Crippen LogP contribution in [0.25, 0.3) is 11.0 Å². The summed E-state index contributed by atoms with van der Waals surface area (Å²) in [4.78, 5) is 30.4. The first-order valence-electron chi connectivity index (χ1n) is 10.5. The van der Waals surface area contributed by atoms with Gasteiger partial charge in [0, 0.05) is 24.7 Å². The summed E-state index contributed by atoms with van der Waals surface area (Å²) >= 11 is 0. The molecule has 1 amide bonds. The monoisotopic (exact) mass is 390 g/mol. The molecule has 29 heavy (non-hydrogen) atoms. The number of imidazole rings is 1. The Kier molecular flexibility index (Phi) is 4.72. The Balaban J connectivity index is 1.32. The van der Waals surface area contributed by atoms with Gasteiger partial charge in [-0.15, -0.1) is 0 Å². The number of H-pyrrole nitrogens is 1. The second-order valence-electron chi connectivity index (χ2n) is 8.07. The second-order valence-corrected chi connectivity index (χ2v) is 8.07. The van der Waals surface area contributed by atoms with Crippen molar-refractivity contribution in [1.29, 1.82) is 0 Å². The predicted molar refractivity (Wildman–Crippen MR) is 113 cm³/mol. The summed E-state index contributed by atoms with van der Waals surface area (Å²) in [6.07, 6.45) is 3.58. The number of nitrogens with zero attached hydrogens (tertiary/aromatic N) is 2. The first kappa shape index (κ1) is 18.2. The lowest BCUT2D eigenvalue weighted by Crippen LogP contribution is -2.40. The molecular formula is C23H26N4O2. The van der Waals surface area contributed by atoms with Crippen molar-refractivity contribution < 1.29 is 4.79 Å². The van der Waals surface area contributed by atoms with Crippen LogP contribution in [0.15, 0.2) is 47.3 Å². The van der Waals surface area contributed by atoms with Crippen molar-refractivity contribution in [2.75, 3.05) is 26.2 Å². The molecule has 5 rings (SSSR count). The topological polar surface area (TPSA) is 70.1 Å². The minimum atomic E-state index is -0.0599. The molecule has 2 N–H and O–H groups in total. The zero-order valence-corrected chi connectivity index (χ0v) is 16.5. The van der Waals surface area contributed by atoms with Crippen LogP contribution in [-0.2, 0) is 12.8 Å². The summed E-state index contributed by atoms with van der Waals surface area (Å²) in [5.41, 5.74) is 5.19. The molecule has 1 saturated heterocycles. The number of para-hydroxylation sites is 2. The van der Waals surface area contributed by atoms with Crippen LogP contribution in [0.3, 0.4) is 0 Å². The van der Waals surface area contributed by atoms with Gasteiger partial charge in [-0.1, -0.05) is 18.2 Å². The number of hydrogen-bond acceptors (Lipinski definition) is 3. The number of nitrogens with one attached hydrogen (secondary N) is 2. The molecule has 0 spiro atoms. The number of benzene rings is 2. The van der Waals surface area contributed by atoms with E-state index in [2.05, 4.69) is 22.4 Å². The summed E-state index contributed by atoms with van der Waals surface area (Å²) in [7, 11) is 0. The van der Waals surface area contributed by atoms with Crippen LogP contribution < -0.4 is 11.0 Å². The molecule has 2 aromatic carbocycles. The van der Waals surface area contributed by atoms with Crippen LogP contribution >= 0.6 is 0 Å². The van der Waals surface area contributed by atoms with E-state index in [9.17, 15) is 9.59 Å². The fourth-order valence-electron chi connectivity index (χ4n) is 4.75. The number of aromatic amines is 1. The van der Waals surface area contributed by atoms with E-state index in [-0.39, 0.29) is 17.6 Å². The maximum atomic E-state index is 13.1. The summed E-state index contributed by atoms with van der Waals surface area (Å²) in [6, 6.07) is 14.1. The lowest BCUT2D eigenvalue weighted by atomic mass is 9.98. The largest absolute Gasteiger partial charge is 0.338 e. The molecule has 0 aliphatic carbocycles. The normalized spacial score (nSPS) is 17.9. The molecule has 2 aliphatic heterocycles. The van der Waals surface area contributed by atoms with E-state index in [4.69, 9.17) is 0 Å². The lowest BCUT2D eigenvalue weighted by molar-refractivity contribution is 0.0695. The third-order valence-corrected chi connectivity index (χ3v) is 6.34. The number of aromatic nitrogens is 2. The molecule has 2 aliphatic rings. The van der Waals surface area contributed by atoms with Crippen molar-refractivity contribution in [2.24, 2.45) is 0 Å². The molecule has 1 fully saturated rings. The SMILES string of the molecule is O=C(c1ccc2c(c1)CCNCC2)N1CCC(n2c(=O)[nH]c3ccccc32)CC1. The Morgan fingerprint density at radius 3 is 2.55 bits per heavy atom. The highest BCUT2D eigenvalue weighted by molar-refractivity contribution is 5.94. The van der Waals surface area contributed by atoms with Gasteiger partial charge in [0.05, 0.1) is 11.0 Å². The van der Waals surface area contributed by atoms with Crippen molar-refractivity contribution in [3.63, 3.8) is 0 Å². The zero-order valence-electron chi connectivity index (χ0n) is 16.5. The Bertz CT molecular complexity index is 1110. The van der Waals surface area contributed by atoms with Gasteiger partial charge in [0.1, 0.15) is 0 Å². The molecule has 0 bridgehead atoms. The van der Waals surface area contributed by atoms with Gasteiger partial charge in [0.2, 0.25) is 0 Å². The predicted octanol–water partition coefficient (Wildman–Crippen LogP) is 2.50. The van der Waals surface area contributed by atoms with Gasteiger partial charge in [-0.05, 0) is 74.2 Å². The molecule has 3 heterocycles. The fraction of sp³-hybridized carbons (Fsp3) is 0.391. The minimum Gasteiger partial charge on any atom is -0.338 e. The molecule has 150 valence electrons. The van der Waals surface area contributed by atoms with Gasteiger partial charge in [-0.3, -0.25) is 9.36 Å². The molecule has 1 aromatic heterocycles. The van der Waals surface area contributed by atoms with Crippen molar-refractivity contribution in [3.8, 4) is 0 Å². The van der Waals surface area contributed by atoms with Crippen LogP contribution in [0.5, 0.6) is 0 Å². The van der Waals surface area contributed by atoms with Gasteiger partial charge >= 0.3 is 5.69 Å². The number of piperidine rings is 1. The summed E-state index contributed by atoms with van der Waals surface area (Å²) in [5.74, 6) is 0.106. The Hall–Kier alpha value is -2.86. The quantitative estimate of drug-likeness (QED) is 0.706. The average Bonchev–Trinajstić information content (AvgIpc) is 2.92. The van der Waals surface area contributed by atoms with Gasteiger partial charge < -0.3 is 15.2 Å². The molecular weight excluding hydrogens is 364 g/mol. The third kappa shape index (κ3) is 3.38. The van der Waals surface area contributed by atoms with Crippen LogP contribution in [-0.4, -0.2) is 46.5 Å². The number of carbonyl (C=O) groups is 1. The summed E-state index contributed by atoms with van der Waals surface area (Å²) < 4.78 is 1.87. The summed E-state index contributed by atoms with van der Waals surface area (Å²) in [5, 5.41) is 3.42. The van der Waals surface area contributed by atoms with E-state index in [1.807, 2.05) is 39.8 Å². The minimum absolute atomic E-state index is 0.0599. The first-order valence-corrected chi connectivity index (χ1v) is 10.5. The van der Waals surface area contributed by atoms with E-state index < -0.39 is 0 Å². The number of rotatable bonds is 2. The smallest absolute Gasteiger partial charge is 0.326 e. The molecule has 6 heteroatoms. The lowest BCUT2D eigenvalue weighted by Gasteiger charge is -2.32. The zero-order chi connectivity index (χ0) is 19.8. The van der Waals surface area contributed by atoms with Crippen molar-refractivity contribution in [1.82, 2.24) is 19.8 Å². The molecule has 0 atom stereocenters. The van der Waals surface area contributed by atoms with Crippen molar-refractivity contribution >= 4 is 16.9 Å². The average molecular weight is 390 g/mol. The maximum Gasteiger partial charge on any atom is 0.326 e. The van der Waals surface area contributed by atoms with Gasteiger partial charge in [0.25, 0.3) is 5.91 Å². The molecule has 3 aromatic rings. The fourth-order valence-corrected chi connectivity index (χ4v) is 4.75. The first-order chi connectivity index (χ1) is 14.2. The molecule has 0 radical (unpaired) electrons. The standard InChI is InChI=1S/C23H26N4O2/c28-22(18-6-5-16-7-11-24-12-8-17(16)15-18)26-13-9-19(10-14-26)27-21-4-2-1-3-20(21)25-23(27)29/h1-6,15,19,24H,7-14H2,(H,25,29). The number of hydrogen-bond donors (Lipinski definition) is 2. The number of amides is 1. The maximum absolute atomic E-state index is 13.1. The highest BCUT2D eigenvalue weighted by Gasteiger charge is 2.27. The van der Waals surface area contributed by atoms with Gasteiger partial charge in [-0.2, -0.15) is 0 Å². The number of carbonyl (C=O) groups excluding carboxylic acids is 1.